The highest BCUT2D eigenvalue weighted by Gasteiger charge is 2.03. The van der Waals surface area contributed by atoms with Crippen LogP contribution in [0.4, 0.5) is 8.78 Å². The Labute approximate surface area is 187 Å². The number of rotatable bonds is 4. The molecule has 0 aromatic heterocycles. The molecule has 2 aromatic carbocycles. The van der Waals surface area contributed by atoms with Gasteiger partial charge >= 0.3 is 0 Å². The highest BCUT2D eigenvalue weighted by Crippen LogP contribution is 2.18. The summed E-state index contributed by atoms with van der Waals surface area (Å²) in [5, 5.41) is 9.69. The van der Waals surface area contributed by atoms with E-state index in [4.69, 9.17) is 45.8 Å². The van der Waals surface area contributed by atoms with Crippen LogP contribution in [0.5, 0.6) is 0 Å². The third-order valence-corrected chi connectivity index (χ3v) is 3.53. The number of nitrogens with two attached hydrogens (primary N) is 4. The summed E-state index contributed by atoms with van der Waals surface area (Å²) in [7, 11) is 0. The average Bonchev–Trinajstić information content (AvgIpc) is 2.68. The molecular weight excluding hydrogens is 463 g/mol. The van der Waals surface area contributed by atoms with E-state index in [9.17, 15) is 13.6 Å². The molecule has 0 spiro atoms. The molecule has 0 unspecified atom stereocenters. The van der Waals surface area contributed by atoms with E-state index in [1.54, 1.807) is 6.07 Å². The summed E-state index contributed by atoms with van der Waals surface area (Å²) in [5.74, 6) is 3.32. The van der Waals surface area contributed by atoms with E-state index in [0.29, 0.717) is 11.8 Å². The Bertz CT molecular complexity index is 892. The van der Waals surface area contributed by atoms with Crippen molar-refractivity contribution in [2.75, 3.05) is 6.54 Å². The molecule has 0 aliphatic heterocycles. The van der Waals surface area contributed by atoms with E-state index in [0.717, 1.165) is 0 Å². The van der Waals surface area contributed by atoms with Gasteiger partial charge in [-0.15, -0.1) is 17.5 Å². The van der Waals surface area contributed by atoms with Crippen molar-refractivity contribution in [3.05, 3.63) is 69.2 Å². The molecule has 2 rings (SSSR count). The fourth-order valence-corrected chi connectivity index (χ4v) is 1.82. The first-order valence-electron chi connectivity index (χ1n) is 7.58. The molecule has 164 valence electrons. The van der Waals surface area contributed by atoms with Crippen molar-refractivity contribution in [3.63, 3.8) is 0 Å². The molecule has 0 atom stereocenters. The quantitative estimate of drug-likeness (QED) is 0.148. The van der Waals surface area contributed by atoms with Crippen molar-refractivity contribution in [2.45, 2.75) is 0 Å². The number of nitrogens with zero attached hydrogens (tertiary/aromatic N) is 2. The zero-order valence-corrected chi connectivity index (χ0v) is 17.7. The molecule has 0 saturated heterocycles. The average molecular weight is 483 g/mol. The zero-order chi connectivity index (χ0) is 22.4. The Balaban J connectivity index is 0. The van der Waals surface area contributed by atoms with Gasteiger partial charge in [0.25, 0.3) is 0 Å². The lowest BCUT2D eigenvalue weighted by Gasteiger charge is -1.98. The Kier molecular flexibility index (Phi) is 15.5. The maximum atomic E-state index is 12.9. The van der Waals surface area contributed by atoms with Crippen LogP contribution in [0.25, 0.3) is 0 Å². The van der Waals surface area contributed by atoms with Gasteiger partial charge in [0.05, 0.1) is 16.6 Å². The number of amidine groups is 1. The van der Waals surface area contributed by atoms with Crippen molar-refractivity contribution >= 4 is 59.9 Å². The van der Waals surface area contributed by atoms with Gasteiger partial charge in [0.1, 0.15) is 17.5 Å². The highest BCUT2D eigenvalue weighted by molar-refractivity contribution is 6.33. The number of aldehydes is 1. The number of halogens is 5. The van der Waals surface area contributed by atoms with E-state index in [-0.39, 0.29) is 46.4 Å². The number of aliphatic imine (C=N–C) groups is 1. The Morgan fingerprint density at radius 3 is 1.80 bits per heavy atom. The molecule has 0 aliphatic rings. The van der Waals surface area contributed by atoms with Crippen LogP contribution in [0.15, 0.2) is 46.5 Å². The normalized spacial score (nSPS) is 9.20. The first kappa shape index (κ1) is 29.3. The topological polar surface area (TPSA) is 170 Å². The van der Waals surface area contributed by atoms with Crippen molar-refractivity contribution in [1.29, 1.82) is 5.41 Å². The molecule has 2 aromatic rings. The molecule has 8 nitrogen and oxygen atoms in total. The molecule has 0 fully saturated rings. The number of carbonyl (C=O) groups is 1. The maximum absolute atomic E-state index is 12.9. The molecule has 0 saturated carbocycles. The largest absolute Gasteiger partial charge is 0.386 e. The number of benzene rings is 2. The smallest absolute Gasteiger partial charge is 0.208 e. The molecule has 30 heavy (non-hydrogen) atoms. The van der Waals surface area contributed by atoms with Gasteiger partial charge in [0.15, 0.2) is 6.29 Å². The van der Waals surface area contributed by atoms with Crippen LogP contribution >= 0.6 is 35.6 Å². The second-order valence-corrected chi connectivity index (χ2v) is 5.71. The van der Waals surface area contributed by atoms with Crippen LogP contribution in [-0.2, 0) is 0 Å². The van der Waals surface area contributed by atoms with Crippen LogP contribution in [0.2, 0.25) is 10.0 Å². The van der Waals surface area contributed by atoms with E-state index >= 15 is 0 Å². The maximum Gasteiger partial charge on any atom is 0.208 e. The van der Waals surface area contributed by atoms with Gasteiger partial charge in [-0.25, -0.2) is 8.78 Å². The molecule has 9 N–H and O–H groups in total. The van der Waals surface area contributed by atoms with Crippen molar-refractivity contribution in [2.24, 2.45) is 33.1 Å². The lowest BCUT2D eigenvalue weighted by Crippen LogP contribution is -2.23. The number of guanidine groups is 1. The van der Waals surface area contributed by atoms with E-state index in [2.05, 4.69) is 15.9 Å². The van der Waals surface area contributed by atoms with Gasteiger partial charge in [-0.05, 0) is 18.2 Å². The van der Waals surface area contributed by atoms with Gasteiger partial charge in [-0.2, -0.15) is 0 Å². The third-order valence-electron chi connectivity index (χ3n) is 2.73. The monoisotopic (exact) mass is 481 g/mol. The van der Waals surface area contributed by atoms with Crippen molar-refractivity contribution in [1.82, 2.24) is 0 Å². The standard InChI is InChI=1S/C9H9ClFN3.C7H4ClFO.CH6N4.ClH/c10-9-6(2-1-3-7(9)11)4-14-5-8(12)13;8-7-5(4-10)2-1-3-6(7)9;2-1(3)5-4;/h1-4H,5H2,(H3,12,13);1-4H;4H2,(H4,2,3,5);1H. The Morgan fingerprint density at radius 2 is 1.43 bits per heavy atom. The second kappa shape index (κ2) is 15.9. The summed E-state index contributed by atoms with van der Waals surface area (Å²) in [6.07, 6.45) is 1.91. The first-order chi connectivity index (χ1) is 13.6. The highest BCUT2D eigenvalue weighted by atomic mass is 35.5. The van der Waals surface area contributed by atoms with Crippen LogP contribution in [0.3, 0.4) is 0 Å². The number of hydrogen-bond donors (Lipinski definition) is 5. The molecule has 13 heteroatoms. The lowest BCUT2D eigenvalue weighted by molar-refractivity contribution is 0.112. The van der Waals surface area contributed by atoms with Gasteiger partial charge in [-0.1, -0.05) is 41.4 Å². The minimum absolute atomic E-state index is 0. The van der Waals surface area contributed by atoms with Crippen LogP contribution in [0.1, 0.15) is 15.9 Å². The zero-order valence-electron chi connectivity index (χ0n) is 15.4. The number of hydrazone groups is 1. The molecular formula is C17H20Cl3F2N7O. The summed E-state index contributed by atoms with van der Waals surface area (Å²) in [6, 6.07) is 8.54. The van der Waals surface area contributed by atoms with E-state index in [1.165, 1.54) is 36.5 Å². The van der Waals surface area contributed by atoms with E-state index < -0.39 is 11.6 Å². The summed E-state index contributed by atoms with van der Waals surface area (Å²) >= 11 is 11.0. The summed E-state index contributed by atoms with van der Waals surface area (Å²) in [5.41, 5.74) is 15.1. The summed E-state index contributed by atoms with van der Waals surface area (Å²) in [6.45, 7) is 0.0901. The lowest BCUT2D eigenvalue weighted by atomic mass is 10.2. The van der Waals surface area contributed by atoms with Crippen molar-refractivity contribution < 1.29 is 13.6 Å². The van der Waals surface area contributed by atoms with Gasteiger partial charge in [0.2, 0.25) is 5.96 Å². The molecule has 0 aliphatic carbocycles. The Hall–Kier alpha value is -2.95. The molecule has 0 amide bonds. The van der Waals surface area contributed by atoms with Gasteiger partial charge in [0, 0.05) is 17.3 Å². The minimum Gasteiger partial charge on any atom is -0.386 e. The van der Waals surface area contributed by atoms with Crippen LogP contribution in [-0.4, -0.2) is 30.8 Å². The number of nitrogens with one attached hydrogen (secondary N) is 1. The first-order valence-corrected chi connectivity index (χ1v) is 8.34. The van der Waals surface area contributed by atoms with Gasteiger partial charge in [-0.3, -0.25) is 15.2 Å². The predicted octanol–water partition coefficient (Wildman–Crippen LogP) is 2.68. The Morgan fingerprint density at radius 1 is 1.00 bits per heavy atom. The van der Waals surface area contributed by atoms with Crippen LogP contribution in [0, 0.1) is 17.0 Å². The molecule has 0 bridgehead atoms. The number of hydrogen-bond acceptors (Lipinski definition) is 5. The summed E-state index contributed by atoms with van der Waals surface area (Å²) < 4.78 is 25.4. The second-order valence-electron chi connectivity index (χ2n) is 4.95. The third kappa shape index (κ3) is 11.8. The van der Waals surface area contributed by atoms with Crippen LogP contribution < -0.4 is 23.0 Å². The van der Waals surface area contributed by atoms with E-state index in [1.807, 2.05) is 0 Å². The fraction of sp³-hybridized carbons (Fsp3) is 0.0588. The predicted molar refractivity (Wildman–Crippen MR) is 120 cm³/mol. The van der Waals surface area contributed by atoms with Crippen molar-refractivity contribution in [3.8, 4) is 0 Å². The number of carbonyl (C=O) groups excluding carboxylic acids is 1. The van der Waals surface area contributed by atoms with Gasteiger partial charge < -0.3 is 23.0 Å². The molecule has 0 radical (unpaired) electrons. The fourth-order valence-electron chi connectivity index (χ4n) is 1.47. The molecule has 0 heterocycles. The SMILES string of the molecule is Cl.N=C(N)CN=Cc1cccc(F)c1Cl.NN=C(N)N.O=Cc1cccc(F)c1Cl. The minimum atomic E-state index is -0.564. The summed E-state index contributed by atoms with van der Waals surface area (Å²) in [4.78, 5) is 13.9.